The zero-order valence-corrected chi connectivity index (χ0v) is 7.71. The molecule has 0 saturated heterocycles. The molecule has 0 aromatic heterocycles. The van der Waals surface area contributed by atoms with Gasteiger partial charge in [0.15, 0.2) is 0 Å². The summed E-state index contributed by atoms with van der Waals surface area (Å²) < 4.78 is 0. The summed E-state index contributed by atoms with van der Waals surface area (Å²) in [6, 6.07) is 0. The maximum absolute atomic E-state index is 10.3. The first kappa shape index (κ1) is 9.80. The maximum Gasteiger partial charge on any atom is 0.353 e. The van der Waals surface area contributed by atoms with Crippen molar-refractivity contribution in [3.8, 4) is 0 Å². The standard InChI is InChI=1S/C9H9NO2S/c10-8(9(11)12)5-6-1-3-7(13)4-2-6/h1,3-5,10,13H,2H2,(H,11,12)/b6-5-,10-8?. The first-order chi connectivity index (χ1) is 6.09. The van der Waals surface area contributed by atoms with E-state index in [9.17, 15) is 4.79 Å². The predicted octanol–water partition coefficient (Wildman–Crippen LogP) is 1.79. The van der Waals surface area contributed by atoms with Gasteiger partial charge < -0.3 is 5.11 Å². The van der Waals surface area contributed by atoms with Crippen molar-refractivity contribution in [2.24, 2.45) is 0 Å². The van der Waals surface area contributed by atoms with Crippen LogP contribution in [-0.2, 0) is 4.79 Å². The SMILES string of the molecule is N=C(/C=C1/C=CC(S)=CC1)C(=O)O. The smallest absolute Gasteiger partial charge is 0.353 e. The van der Waals surface area contributed by atoms with E-state index in [2.05, 4.69) is 12.6 Å². The molecule has 0 aromatic rings. The number of hydrogen-bond acceptors (Lipinski definition) is 3. The summed E-state index contributed by atoms with van der Waals surface area (Å²) in [6.45, 7) is 0. The summed E-state index contributed by atoms with van der Waals surface area (Å²) in [6.07, 6.45) is 7.37. The molecule has 1 aliphatic rings. The Balaban J connectivity index is 2.72. The van der Waals surface area contributed by atoms with E-state index in [1.807, 2.05) is 6.08 Å². The average Bonchev–Trinajstić information content (AvgIpc) is 2.08. The number of carboxylic acids is 1. The summed E-state index contributed by atoms with van der Waals surface area (Å²) in [7, 11) is 0. The Labute approximate surface area is 81.4 Å². The summed E-state index contributed by atoms with van der Waals surface area (Å²) >= 11 is 4.11. The van der Waals surface area contributed by atoms with Crippen LogP contribution < -0.4 is 0 Å². The average molecular weight is 195 g/mol. The lowest BCUT2D eigenvalue weighted by Gasteiger charge is -2.03. The lowest BCUT2D eigenvalue weighted by Crippen LogP contribution is -2.08. The largest absolute Gasteiger partial charge is 0.477 e. The molecule has 0 atom stereocenters. The Bertz CT molecular complexity index is 340. The molecule has 0 aliphatic heterocycles. The first-order valence-corrected chi connectivity index (χ1v) is 4.14. The quantitative estimate of drug-likeness (QED) is 0.464. The molecular formula is C9H9NO2S. The monoisotopic (exact) mass is 195 g/mol. The molecule has 0 heterocycles. The number of carboxylic acid groups (broad SMARTS) is 1. The van der Waals surface area contributed by atoms with Crippen molar-refractivity contribution in [2.45, 2.75) is 6.42 Å². The van der Waals surface area contributed by atoms with Gasteiger partial charge in [0.25, 0.3) is 0 Å². The van der Waals surface area contributed by atoms with Gasteiger partial charge in [-0.3, -0.25) is 5.41 Å². The Hall–Kier alpha value is -1.29. The molecule has 0 saturated carbocycles. The Morgan fingerprint density at radius 2 is 2.31 bits per heavy atom. The molecule has 0 aromatic carbocycles. The molecule has 0 radical (unpaired) electrons. The van der Waals surface area contributed by atoms with E-state index in [0.717, 1.165) is 10.5 Å². The number of thiol groups is 1. The Kier molecular flexibility index (Phi) is 3.08. The minimum absolute atomic E-state index is 0.393. The third kappa shape index (κ3) is 2.91. The zero-order chi connectivity index (χ0) is 9.84. The van der Waals surface area contributed by atoms with Gasteiger partial charge in [-0.25, -0.2) is 4.79 Å². The minimum atomic E-state index is -1.21. The van der Waals surface area contributed by atoms with Crippen LogP contribution in [0.4, 0.5) is 0 Å². The van der Waals surface area contributed by atoms with Crippen LogP contribution in [-0.4, -0.2) is 16.8 Å². The van der Waals surface area contributed by atoms with Crippen LogP contribution in [0.1, 0.15) is 6.42 Å². The van der Waals surface area contributed by atoms with Crippen LogP contribution >= 0.6 is 12.6 Å². The molecule has 4 heteroatoms. The van der Waals surface area contributed by atoms with Gasteiger partial charge in [0.2, 0.25) is 0 Å². The third-order valence-electron chi connectivity index (χ3n) is 1.58. The maximum atomic E-state index is 10.3. The van der Waals surface area contributed by atoms with Gasteiger partial charge in [-0.05, 0) is 24.1 Å². The van der Waals surface area contributed by atoms with Crippen molar-refractivity contribution in [1.82, 2.24) is 0 Å². The fraction of sp³-hybridized carbons (Fsp3) is 0.111. The molecule has 3 nitrogen and oxygen atoms in total. The van der Waals surface area contributed by atoms with Crippen LogP contribution in [0.5, 0.6) is 0 Å². The third-order valence-corrected chi connectivity index (χ3v) is 1.91. The number of allylic oxidation sites excluding steroid dienone is 4. The van der Waals surface area contributed by atoms with Crippen LogP contribution in [0.2, 0.25) is 0 Å². The number of hydrogen-bond donors (Lipinski definition) is 3. The topological polar surface area (TPSA) is 61.2 Å². The highest BCUT2D eigenvalue weighted by molar-refractivity contribution is 7.84. The van der Waals surface area contributed by atoms with Gasteiger partial charge >= 0.3 is 5.97 Å². The number of nitrogens with one attached hydrogen (secondary N) is 1. The molecular weight excluding hydrogens is 186 g/mol. The number of carbonyl (C=O) groups is 1. The van der Waals surface area contributed by atoms with Crippen molar-refractivity contribution in [3.05, 3.63) is 34.8 Å². The normalized spacial score (nSPS) is 18.5. The van der Waals surface area contributed by atoms with E-state index in [-0.39, 0.29) is 0 Å². The van der Waals surface area contributed by atoms with E-state index >= 15 is 0 Å². The summed E-state index contributed by atoms with van der Waals surface area (Å²) in [5.41, 5.74) is 0.417. The molecule has 0 spiro atoms. The Morgan fingerprint density at radius 1 is 1.62 bits per heavy atom. The van der Waals surface area contributed by atoms with E-state index in [1.165, 1.54) is 6.08 Å². The second kappa shape index (κ2) is 4.09. The van der Waals surface area contributed by atoms with E-state index in [1.54, 1.807) is 12.2 Å². The molecule has 13 heavy (non-hydrogen) atoms. The molecule has 0 bridgehead atoms. The lowest BCUT2D eigenvalue weighted by molar-refractivity contribution is -0.129. The van der Waals surface area contributed by atoms with Crippen LogP contribution in [0.15, 0.2) is 34.8 Å². The molecule has 0 fully saturated rings. The van der Waals surface area contributed by atoms with Crippen molar-refractivity contribution in [1.29, 1.82) is 5.41 Å². The van der Waals surface area contributed by atoms with Gasteiger partial charge in [0.05, 0.1) is 0 Å². The van der Waals surface area contributed by atoms with Gasteiger partial charge in [-0.2, -0.15) is 0 Å². The van der Waals surface area contributed by atoms with Crippen LogP contribution in [0.25, 0.3) is 0 Å². The molecule has 68 valence electrons. The fourth-order valence-electron chi connectivity index (χ4n) is 0.905. The second-order valence-electron chi connectivity index (χ2n) is 2.60. The van der Waals surface area contributed by atoms with Gasteiger partial charge in [-0.15, -0.1) is 12.6 Å². The van der Waals surface area contributed by atoms with Crippen LogP contribution in [0, 0.1) is 5.41 Å². The molecule has 1 rings (SSSR count). The van der Waals surface area contributed by atoms with Crippen molar-refractivity contribution in [2.75, 3.05) is 0 Å². The van der Waals surface area contributed by atoms with Gasteiger partial charge in [0.1, 0.15) is 5.71 Å². The van der Waals surface area contributed by atoms with Gasteiger partial charge in [0, 0.05) is 4.91 Å². The van der Waals surface area contributed by atoms with E-state index < -0.39 is 11.7 Å². The molecule has 0 amide bonds. The zero-order valence-electron chi connectivity index (χ0n) is 6.82. The second-order valence-corrected chi connectivity index (χ2v) is 3.12. The summed E-state index contributed by atoms with van der Waals surface area (Å²) in [4.78, 5) is 11.2. The number of aliphatic carboxylic acids is 1. The highest BCUT2D eigenvalue weighted by atomic mass is 32.1. The minimum Gasteiger partial charge on any atom is -0.477 e. The highest BCUT2D eigenvalue weighted by Crippen LogP contribution is 2.17. The van der Waals surface area contributed by atoms with E-state index in [0.29, 0.717) is 6.42 Å². The predicted molar refractivity (Wildman–Crippen MR) is 54.3 cm³/mol. The highest BCUT2D eigenvalue weighted by Gasteiger charge is 2.05. The molecule has 1 aliphatic carbocycles. The first-order valence-electron chi connectivity index (χ1n) is 3.69. The summed E-state index contributed by atoms with van der Waals surface area (Å²) in [5, 5.41) is 15.5. The van der Waals surface area contributed by atoms with E-state index in [4.69, 9.17) is 10.5 Å². The fourth-order valence-corrected chi connectivity index (χ4v) is 1.07. The number of rotatable bonds is 2. The lowest BCUT2D eigenvalue weighted by atomic mass is 10.1. The van der Waals surface area contributed by atoms with Crippen molar-refractivity contribution in [3.63, 3.8) is 0 Å². The van der Waals surface area contributed by atoms with Gasteiger partial charge in [-0.1, -0.05) is 12.2 Å². The Morgan fingerprint density at radius 3 is 2.77 bits per heavy atom. The molecule has 0 unspecified atom stereocenters. The molecule has 2 N–H and O–H groups in total. The van der Waals surface area contributed by atoms with Crippen LogP contribution in [0.3, 0.4) is 0 Å². The van der Waals surface area contributed by atoms with Crippen molar-refractivity contribution >= 4 is 24.3 Å². The summed E-state index contributed by atoms with van der Waals surface area (Å²) in [5.74, 6) is -1.21. The van der Waals surface area contributed by atoms with Crippen molar-refractivity contribution < 1.29 is 9.90 Å².